The third kappa shape index (κ3) is 4.24. The van der Waals surface area contributed by atoms with Crippen molar-refractivity contribution in [3.05, 3.63) is 54.1 Å². The van der Waals surface area contributed by atoms with Crippen molar-refractivity contribution in [2.75, 3.05) is 19.0 Å². The monoisotopic (exact) mass is 300 g/mol. The van der Waals surface area contributed by atoms with Crippen molar-refractivity contribution in [1.82, 2.24) is 0 Å². The van der Waals surface area contributed by atoms with Gasteiger partial charge in [0.05, 0.1) is 13.3 Å². The Morgan fingerprint density at radius 1 is 1.23 bits per heavy atom. The van der Waals surface area contributed by atoms with E-state index in [1.165, 1.54) is 13.3 Å². The average molecular weight is 300 g/mol. The van der Waals surface area contributed by atoms with Gasteiger partial charge < -0.3 is 20.0 Å². The number of methoxy groups -OCH3 is 1. The first-order valence-corrected chi connectivity index (χ1v) is 6.56. The van der Waals surface area contributed by atoms with Crippen molar-refractivity contribution < 1.29 is 19.5 Å². The second kappa shape index (κ2) is 7.68. The van der Waals surface area contributed by atoms with E-state index in [0.717, 1.165) is 0 Å². The lowest BCUT2D eigenvalue weighted by Crippen LogP contribution is -2.20. The van der Waals surface area contributed by atoms with Crippen molar-refractivity contribution in [2.24, 2.45) is 5.16 Å². The summed E-state index contributed by atoms with van der Waals surface area (Å²) in [7, 11) is 1.49. The first-order valence-electron chi connectivity index (χ1n) is 6.56. The number of nitrogens with one attached hydrogen (secondary N) is 1. The zero-order valence-electron chi connectivity index (χ0n) is 12.0. The average Bonchev–Trinajstić information content (AvgIpc) is 2.54. The van der Waals surface area contributed by atoms with Crippen molar-refractivity contribution in [3.8, 4) is 11.5 Å². The number of oxime groups is 1. The van der Waals surface area contributed by atoms with E-state index in [-0.39, 0.29) is 12.5 Å². The lowest BCUT2D eigenvalue weighted by molar-refractivity contribution is -0.118. The molecule has 2 aromatic carbocycles. The van der Waals surface area contributed by atoms with Crippen molar-refractivity contribution in [3.63, 3.8) is 0 Å². The number of rotatable bonds is 6. The zero-order valence-corrected chi connectivity index (χ0v) is 12.0. The molecule has 0 bridgehead atoms. The van der Waals surface area contributed by atoms with Crippen LogP contribution in [-0.2, 0) is 4.79 Å². The summed E-state index contributed by atoms with van der Waals surface area (Å²) in [5, 5.41) is 14.2. The summed E-state index contributed by atoms with van der Waals surface area (Å²) in [6.45, 7) is -0.140. The minimum absolute atomic E-state index is 0.140. The SMILES string of the molecule is COc1cc(C=NO)ccc1OCC(=O)Nc1ccccc1. The zero-order chi connectivity index (χ0) is 15.8. The Morgan fingerprint density at radius 2 is 2.00 bits per heavy atom. The maximum atomic E-state index is 11.8. The van der Waals surface area contributed by atoms with Crippen LogP contribution in [0.25, 0.3) is 0 Å². The predicted octanol–water partition coefficient (Wildman–Crippen LogP) is 2.52. The molecular weight excluding hydrogens is 284 g/mol. The fourth-order valence-electron chi connectivity index (χ4n) is 1.81. The van der Waals surface area contributed by atoms with Crippen LogP contribution in [0, 0.1) is 0 Å². The van der Waals surface area contributed by atoms with Gasteiger partial charge in [-0.05, 0) is 30.3 Å². The maximum absolute atomic E-state index is 11.8. The standard InChI is InChI=1S/C16H16N2O4/c1-21-15-9-12(10-17-20)7-8-14(15)22-11-16(19)18-13-5-3-2-4-6-13/h2-10,20H,11H2,1H3,(H,18,19). The van der Waals surface area contributed by atoms with E-state index >= 15 is 0 Å². The van der Waals surface area contributed by atoms with Crippen LogP contribution < -0.4 is 14.8 Å². The van der Waals surface area contributed by atoms with Crippen LogP contribution in [-0.4, -0.2) is 31.0 Å². The van der Waals surface area contributed by atoms with Crippen LogP contribution in [0.3, 0.4) is 0 Å². The first kappa shape index (κ1) is 15.4. The summed E-state index contributed by atoms with van der Waals surface area (Å²) in [5.74, 6) is 0.611. The van der Waals surface area contributed by atoms with Gasteiger partial charge in [-0.15, -0.1) is 0 Å². The molecule has 6 nitrogen and oxygen atoms in total. The summed E-state index contributed by atoms with van der Waals surface area (Å²) in [5.41, 5.74) is 1.36. The molecule has 0 heterocycles. The second-order valence-electron chi connectivity index (χ2n) is 4.36. The summed E-state index contributed by atoms with van der Waals surface area (Å²) >= 11 is 0. The van der Waals surface area contributed by atoms with Crippen molar-refractivity contribution in [2.45, 2.75) is 0 Å². The highest BCUT2D eigenvalue weighted by Gasteiger charge is 2.08. The molecule has 0 aliphatic heterocycles. The van der Waals surface area contributed by atoms with Gasteiger partial charge in [0.15, 0.2) is 18.1 Å². The lowest BCUT2D eigenvalue weighted by Gasteiger charge is -2.11. The molecule has 0 aliphatic carbocycles. The number of amides is 1. The Labute approximate surface area is 128 Å². The molecule has 2 aromatic rings. The molecule has 22 heavy (non-hydrogen) atoms. The first-order chi connectivity index (χ1) is 10.7. The highest BCUT2D eigenvalue weighted by molar-refractivity contribution is 5.91. The predicted molar refractivity (Wildman–Crippen MR) is 82.9 cm³/mol. The highest BCUT2D eigenvalue weighted by atomic mass is 16.5. The van der Waals surface area contributed by atoms with E-state index in [4.69, 9.17) is 14.7 Å². The van der Waals surface area contributed by atoms with Gasteiger partial charge in [0.2, 0.25) is 0 Å². The van der Waals surface area contributed by atoms with E-state index in [1.54, 1.807) is 30.3 Å². The van der Waals surface area contributed by atoms with Gasteiger partial charge in [-0.3, -0.25) is 4.79 Å². The Hall–Kier alpha value is -3.02. The lowest BCUT2D eigenvalue weighted by atomic mass is 10.2. The van der Waals surface area contributed by atoms with Gasteiger partial charge in [-0.25, -0.2) is 0 Å². The number of carbonyl (C=O) groups is 1. The summed E-state index contributed by atoms with van der Waals surface area (Å²) in [6.07, 6.45) is 1.27. The van der Waals surface area contributed by atoms with Crippen LogP contribution in [0.15, 0.2) is 53.7 Å². The minimum Gasteiger partial charge on any atom is -0.493 e. The number of para-hydroxylation sites is 1. The third-order valence-corrected chi connectivity index (χ3v) is 2.81. The van der Waals surface area contributed by atoms with Crippen LogP contribution >= 0.6 is 0 Å². The summed E-state index contributed by atoms with van der Waals surface area (Å²) < 4.78 is 10.6. The number of benzene rings is 2. The van der Waals surface area contributed by atoms with E-state index in [9.17, 15) is 4.79 Å². The molecule has 0 spiro atoms. The second-order valence-corrected chi connectivity index (χ2v) is 4.36. The fourth-order valence-corrected chi connectivity index (χ4v) is 1.81. The Bertz CT molecular complexity index is 656. The number of anilines is 1. The van der Waals surface area contributed by atoms with Gasteiger partial charge in [-0.1, -0.05) is 23.4 Å². The summed E-state index contributed by atoms with van der Waals surface area (Å²) in [6, 6.07) is 14.1. The van der Waals surface area contributed by atoms with E-state index in [0.29, 0.717) is 22.7 Å². The number of ether oxygens (including phenoxy) is 2. The quantitative estimate of drug-likeness (QED) is 0.488. The maximum Gasteiger partial charge on any atom is 0.262 e. The molecule has 0 fully saturated rings. The molecule has 0 aliphatic rings. The Balaban J connectivity index is 1.97. The van der Waals surface area contributed by atoms with E-state index in [1.807, 2.05) is 18.2 Å². The van der Waals surface area contributed by atoms with Gasteiger partial charge in [0.1, 0.15) is 0 Å². The van der Waals surface area contributed by atoms with E-state index < -0.39 is 0 Å². The Morgan fingerprint density at radius 3 is 2.68 bits per heavy atom. The highest BCUT2D eigenvalue weighted by Crippen LogP contribution is 2.27. The third-order valence-electron chi connectivity index (χ3n) is 2.81. The van der Waals surface area contributed by atoms with Gasteiger partial charge in [0, 0.05) is 11.3 Å². The normalized spacial score (nSPS) is 10.4. The molecule has 0 atom stereocenters. The summed E-state index contributed by atoms with van der Waals surface area (Å²) in [4.78, 5) is 11.8. The van der Waals surface area contributed by atoms with Crippen molar-refractivity contribution >= 4 is 17.8 Å². The topological polar surface area (TPSA) is 80.2 Å². The fraction of sp³-hybridized carbons (Fsp3) is 0.125. The molecule has 1 amide bonds. The molecule has 2 N–H and O–H groups in total. The van der Waals surface area contributed by atoms with Crippen LogP contribution in [0.2, 0.25) is 0 Å². The van der Waals surface area contributed by atoms with Gasteiger partial charge in [-0.2, -0.15) is 0 Å². The number of hydrogen-bond acceptors (Lipinski definition) is 5. The van der Waals surface area contributed by atoms with Crippen LogP contribution in [0.1, 0.15) is 5.56 Å². The van der Waals surface area contributed by atoms with Gasteiger partial charge in [0.25, 0.3) is 5.91 Å². The molecular formula is C16H16N2O4. The smallest absolute Gasteiger partial charge is 0.262 e. The number of nitrogens with zero attached hydrogens (tertiary/aromatic N) is 1. The van der Waals surface area contributed by atoms with Crippen LogP contribution in [0.4, 0.5) is 5.69 Å². The molecule has 0 radical (unpaired) electrons. The van der Waals surface area contributed by atoms with E-state index in [2.05, 4.69) is 10.5 Å². The molecule has 114 valence electrons. The Kier molecular flexibility index (Phi) is 5.37. The molecule has 2 rings (SSSR count). The molecule has 0 aromatic heterocycles. The number of carbonyl (C=O) groups excluding carboxylic acids is 1. The minimum atomic E-state index is -0.269. The molecule has 6 heteroatoms. The largest absolute Gasteiger partial charge is 0.493 e. The molecule has 0 unspecified atom stereocenters. The molecule has 0 saturated carbocycles. The molecule has 0 saturated heterocycles. The van der Waals surface area contributed by atoms with Crippen molar-refractivity contribution in [1.29, 1.82) is 0 Å². The van der Waals surface area contributed by atoms with Crippen LogP contribution in [0.5, 0.6) is 11.5 Å². The van der Waals surface area contributed by atoms with Gasteiger partial charge >= 0.3 is 0 Å². The number of hydrogen-bond donors (Lipinski definition) is 2.